The van der Waals surface area contributed by atoms with Crippen LogP contribution in [0.4, 0.5) is 5.82 Å². The van der Waals surface area contributed by atoms with E-state index in [1.165, 1.54) is 19.3 Å². The number of aromatic nitrogens is 1. The van der Waals surface area contributed by atoms with Crippen LogP contribution in [0, 0.1) is 0 Å². The largest absolute Gasteiger partial charge is 0.454 e. The van der Waals surface area contributed by atoms with Gasteiger partial charge in [-0.2, -0.15) is 0 Å². The summed E-state index contributed by atoms with van der Waals surface area (Å²) in [4.78, 5) is 24.1. The highest BCUT2D eigenvalue weighted by Gasteiger charge is 2.31. The van der Waals surface area contributed by atoms with Crippen LogP contribution in [0.25, 0.3) is 22.0 Å². The minimum Gasteiger partial charge on any atom is -0.454 e. The smallest absolute Gasteiger partial charge is 0.254 e. The molecule has 0 aliphatic carbocycles. The van der Waals surface area contributed by atoms with Crippen molar-refractivity contribution in [3.8, 4) is 22.6 Å². The van der Waals surface area contributed by atoms with Crippen molar-refractivity contribution in [3.05, 3.63) is 82.9 Å². The fourth-order valence-electron chi connectivity index (χ4n) is 6.42. The molecule has 7 rings (SSSR count). The van der Waals surface area contributed by atoms with Crippen molar-refractivity contribution in [1.29, 1.82) is 0 Å². The minimum atomic E-state index is 0.0867. The average molecular weight is 583 g/mol. The Kier molecular flexibility index (Phi) is 7.61. The highest BCUT2D eigenvalue weighted by atomic mass is 35.5. The molecule has 0 radical (unpaired) electrons. The van der Waals surface area contributed by atoms with Crippen molar-refractivity contribution < 1.29 is 14.3 Å². The molecule has 3 aliphatic heterocycles. The third-order valence-electron chi connectivity index (χ3n) is 8.69. The Balaban J connectivity index is 1.25. The van der Waals surface area contributed by atoms with Crippen molar-refractivity contribution in [2.24, 2.45) is 0 Å². The molecule has 0 bridgehead atoms. The van der Waals surface area contributed by atoms with Crippen LogP contribution in [0.3, 0.4) is 0 Å². The predicted octanol–water partition coefficient (Wildman–Crippen LogP) is 6.99. The second-order valence-corrected chi connectivity index (χ2v) is 11.9. The summed E-state index contributed by atoms with van der Waals surface area (Å²) < 4.78 is 11.1. The summed E-state index contributed by atoms with van der Waals surface area (Å²) in [6.45, 7) is 4.83. The number of carbonyl (C=O) groups excluding carboxylic acids is 1. The monoisotopic (exact) mass is 582 g/mol. The molecule has 0 saturated carbocycles. The van der Waals surface area contributed by atoms with Gasteiger partial charge in [0.15, 0.2) is 11.5 Å². The van der Waals surface area contributed by atoms with Gasteiger partial charge in [-0.15, -0.1) is 0 Å². The van der Waals surface area contributed by atoms with Gasteiger partial charge < -0.3 is 24.6 Å². The van der Waals surface area contributed by atoms with E-state index in [1.807, 2.05) is 54.6 Å². The van der Waals surface area contributed by atoms with E-state index in [1.54, 1.807) is 0 Å². The Morgan fingerprint density at radius 1 is 0.881 bits per heavy atom. The Morgan fingerprint density at radius 2 is 1.64 bits per heavy atom. The standard InChI is InChI=1S/C34H35ClN4O3/c35-26-10-6-23(7-11-26)20-36-33-19-29(34(40)39-16-2-1-5-27(39)21-38-14-3-4-15-38)28-17-24(8-12-30(28)37-33)25-9-13-31-32(18-25)42-22-41-31/h6-13,17-19,27H,1-5,14-16,20-22H2,(H,36,37)/t27-/m0/s1. The Hall–Kier alpha value is -3.81. The third-order valence-corrected chi connectivity index (χ3v) is 8.94. The van der Waals surface area contributed by atoms with Crippen LogP contribution in [0.1, 0.15) is 48.0 Å². The SMILES string of the molecule is O=C(c1cc(NCc2ccc(Cl)cc2)nc2ccc(-c3ccc4c(c3)OCO4)cc12)N1CCCC[C@H]1CN1CCCC1. The Labute approximate surface area is 251 Å². The van der Waals surface area contributed by atoms with Gasteiger partial charge >= 0.3 is 0 Å². The molecule has 0 unspecified atom stereocenters. The van der Waals surface area contributed by atoms with Crippen LogP contribution in [0.2, 0.25) is 5.02 Å². The molecule has 42 heavy (non-hydrogen) atoms. The molecular formula is C34H35ClN4O3. The van der Waals surface area contributed by atoms with E-state index in [9.17, 15) is 4.79 Å². The summed E-state index contributed by atoms with van der Waals surface area (Å²) in [5.41, 5.74) is 4.58. The van der Waals surface area contributed by atoms with E-state index < -0.39 is 0 Å². The molecule has 7 nitrogen and oxygen atoms in total. The lowest BCUT2D eigenvalue weighted by Gasteiger charge is -2.38. The number of halogens is 1. The molecule has 1 atom stereocenters. The fourth-order valence-corrected chi connectivity index (χ4v) is 6.55. The summed E-state index contributed by atoms with van der Waals surface area (Å²) in [7, 11) is 0. The first-order valence-corrected chi connectivity index (χ1v) is 15.3. The first-order chi connectivity index (χ1) is 20.6. The number of hydrogen-bond acceptors (Lipinski definition) is 6. The van der Waals surface area contributed by atoms with Gasteiger partial charge in [0, 0.05) is 36.1 Å². The number of benzene rings is 3. The molecule has 4 heterocycles. The van der Waals surface area contributed by atoms with Crippen molar-refractivity contribution in [2.75, 3.05) is 38.3 Å². The highest BCUT2D eigenvalue weighted by molar-refractivity contribution is 6.30. The average Bonchev–Trinajstić information content (AvgIpc) is 3.72. The van der Waals surface area contributed by atoms with Crippen LogP contribution < -0.4 is 14.8 Å². The summed E-state index contributed by atoms with van der Waals surface area (Å²) in [5, 5.41) is 5.02. The summed E-state index contributed by atoms with van der Waals surface area (Å²) in [5.74, 6) is 2.26. The number of anilines is 1. The van der Waals surface area contributed by atoms with Crippen LogP contribution in [0.5, 0.6) is 11.5 Å². The summed E-state index contributed by atoms with van der Waals surface area (Å²) in [6.07, 6.45) is 5.76. The lowest BCUT2D eigenvalue weighted by Crippen LogP contribution is -2.49. The third kappa shape index (κ3) is 5.63. The summed E-state index contributed by atoms with van der Waals surface area (Å²) >= 11 is 6.08. The van der Waals surface area contributed by atoms with E-state index in [2.05, 4.69) is 27.2 Å². The number of nitrogens with one attached hydrogen (secondary N) is 1. The number of carbonyl (C=O) groups is 1. The van der Waals surface area contributed by atoms with Gasteiger partial charge in [0.2, 0.25) is 6.79 Å². The van der Waals surface area contributed by atoms with Crippen LogP contribution in [0.15, 0.2) is 66.7 Å². The van der Waals surface area contributed by atoms with E-state index in [4.69, 9.17) is 26.1 Å². The Morgan fingerprint density at radius 3 is 2.50 bits per heavy atom. The first-order valence-electron chi connectivity index (χ1n) is 15.0. The van der Waals surface area contributed by atoms with Gasteiger partial charge in [-0.1, -0.05) is 35.9 Å². The van der Waals surface area contributed by atoms with Gasteiger partial charge in [0.1, 0.15) is 5.82 Å². The summed E-state index contributed by atoms with van der Waals surface area (Å²) in [6, 6.07) is 22.1. The van der Waals surface area contributed by atoms with E-state index in [0.717, 1.165) is 78.1 Å². The maximum atomic E-state index is 14.5. The number of likely N-dealkylation sites (tertiary alicyclic amines) is 2. The normalized spacial score (nSPS) is 18.5. The highest BCUT2D eigenvalue weighted by Crippen LogP contribution is 2.37. The topological polar surface area (TPSA) is 66.9 Å². The lowest BCUT2D eigenvalue weighted by atomic mass is 9.97. The van der Waals surface area contributed by atoms with Gasteiger partial charge in [0.25, 0.3) is 5.91 Å². The quantitative estimate of drug-likeness (QED) is 0.253. The Bertz CT molecular complexity index is 1600. The zero-order valence-electron chi connectivity index (χ0n) is 23.7. The number of nitrogens with zero attached hydrogens (tertiary/aromatic N) is 3. The molecule has 3 aliphatic rings. The van der Waals surface area contributed by atoms with E-state index in [-0.39, 0.29) is 18.7 Å². The predicted molar refractivity (Wildman–Crippen MR) is 166 cm³/mol. The van der Waals surface area contributed by atoms with Gasteiger partial charge in [-0.3, -0.25) is 4.79 Å². The number of pyridine rings is 1. The van der Waals surface area contributed by atoms with Gasteiger partial charge in [-0.25, -0.2) is 4.98 Å². The van der Waals surface area contributed by atoms with E-state index >= 15 is 0 Å². The second kappa shape index (κ2) is 11.8. The molecule has 1 amide bonds. The number of rotatable bonds is 7. The maximum absolute atomic E-state index is 14.5. The minimum absolute atomic E-state index is 0.0867. The number of amides is 1. The molecule has 2 saturated heterocycles. The van der Waals surface area contributed by atoms with Gasteiger partial charge in [-0.05, 0) is 104 Å². The van der Waals surface area contributed by atoms with Crippen molar-refractivity contribution in [3.63, 3.8) is 0 Å². The lowest BCUT2D eigenvalue weighted by molar-refractivity contribution is 0.0562. The van der Waals surface area contributed by atoms with Crippen LogP contribution in [-0.2, 0) is 6.54 Å². The van der Waals surface area contributed by atoms with Crippen molar-refractivity contribution in [2.45, 2.75) is 44.7 Å². The zero-order valence-corrected chi connectivity index (χ0v) is 24.4. The second-order valence-electron chi connectivity index (χ2n) is 11.5. The molecule has 8 heteroatoms. The first kappa shape index (κ1) is 27.0. The number of ether oxygens (including phenoxy) is 2. The molecule has 1 N–H and O–H groups in total. The van der Waals surface area contributed by atoms with E-state index in [0.29, 0.717) is 22.9 Å². The van der Waals surface area contributed by atoms with Gasteiger partial charge in [0.05, 0.1) is 11.1 Å². The molecule has 1 aromatic heterocycles. The molecule has 4 aromatic rings. The molecule has 2 fully saturated rings. The molecular weight excluding hydrogens is 548 g/mol. The number of fused-ring (bicyclic) bond motifs is 2. The molecule has 216 valence electrons. The maximum Gasteiger partial charge on any atom is 0.254 e. The molecule has 0 spiro atoms. The van der Waals surface area contributed by atoms with Crippen LogP contribution in [-0.4, -0.2) is 59.7 Å². The number of piperidine rings is 1. The molecule has 3 aromatic carbocycles. The van der Waals surface area contributed by atoms with Crippen molar-refractivity contribution in [1.82, 2.24) is 14.8 Å². The number of hydrogen-bond donors (Lipinski definition) is 1. The van der Waals surface area contributed by atoms with Crippen molar-refractivity contribution >= 4 is 34.2 Å². The zero-order chi connectivity index (χ0) is 28.5. The van der Waals surface area contributed by atoms with Crippen LogP contribution >= 0.6 is 11.6 Å². The fraction of sp³-hybridized carbons (Fsp3) is 0.353.